The molecule has 1 rings (SSSR count). The first-order valence-corrected chi connectivity index (χ1v) is 4.54. The molecule has 0 aliphatic carbocycles. The van der Waals surface area contributed by atoms with Crippen LogP contribution in [0.3, 0.4) is 0 Å². The van der Waals surface area contributed by atoms with E-state index in [1.807, 2.05) is 6.92 Å². The molecule has 0 aliphatic heterocycles. The number of para-hydroxylation sites is 2. The molecule has 0 saturated heterocycles. The summed E-state index contributed by atoms with van der Waals surface area (Å²) in [6, 6.07) is 6.88. The third-order valence-corrected chi connectivity index (χ3v) is 1.64. The second kappa shape index (κ2) is 6.95. The molecule has 15 heavy (non-hydrogen) atoms. The van der Waals surface area contributed by atoms with Crippen molar-refractivity contribution >= 4 is 24.2 Å². The van der Waals surface area contributed by atoms with Crippen molar-refractivity contribution in [3.63, 3.8) is 0 Å². The Morgan fingerprint density at radius 2 is 2.13 bits per heavy atom. The van der Waals surface area contributed by atoms with Crippen LogP contribution in [0, 0.1) is 0 Å². The zero-order valence-electron chi connectivity index (χ0n) is 8.53. The summed E-state index contributed by atoms with van der Waals surface area (Å²) in [5.74, 6) is 0.390. The van der Waals surface area contributed by atoms with Crippen LogP contribution in [-0.2, 0) is 0 Å². The summed E-state index contributed by atoms with van der Waals surface area (Å²) in [6.07, 6.45) is 0.407. The monoisotopic (exact) mass is 230 g/mol. The van der Waals surface area contributed by atoms with Gasteiger partial charge in [0.05, 0.1) is 5.69 Å². The van der Waals surface area contributed by atoms with E-state index in [1.54, 1.807) is 24.3 Å². The van der Waals surface area contributed by atoms with Gasteiger partial charge < -0.3 is 15.8 Å². The minimum absolute atomic E-state index is 0. The average molecular weight is 231 g/mol. The number of carbonyl (C=O) groups excluding carboxylic acids is 1. The lowest BCUT2D eigenvalue weighted by Gasteiger charge is -2.06. The van der Waals surface area contributed by atoms with Crippen molar-refractivity contribution in [3.05, 3.63) is 24.3 Å². The molecular formula is C10H15ClN2O2. The number of halogens is 1. The van der Waals surface area contributed by atoms with Crippen LogP contribution < -0.4 is 15.8 Å². The molecule has 0 aromatic heterocycles. The van der Waals surface area contributed by atoms with Gasteiger partial charge in [-0.05, 0) is 18.6 Å². The highest BCUT2D eigenvalue weighted by molar-refractivity contribution is 5.85. The molecule has 0 bridgehead atoms. The quantitative estimate of drug-likeness (QED) is 0.783. The van der Waals surface area contributed by atoms with Crippen molar-refractivity contribution in [2.45, 2.75) is 13.3 Å². The van der Waals surface area contributed by atoms with Crippen molar-refractivity contribution in [1.82, 2.24) is 5.32 Å². The second-order valence-electron chi connectivity index (χ2n) is 2.85. The number of hydrogen-bond donors (Lipinski definition) is 2. The van der Waals surface area contributed by atoms with Crippen molar-refractivity contribution in [2.75, 3.05) is 12.3 Å². The maximum absolute atomic E-state index is 11.1. The summed E-state index contributed by atoms with van der Waals surface area (Å²) < 4.78 is 4.97. The number of hydrogen-bond acceptors (Lipinski definition) is 3. The molecule has 0 spiro atoms. The van der Waals surface area contributed by atoms with Crippen LogP contribution in [0.15, 0.2) is 24.3 Å². The predicted molar refractivity (Wildman–Crippen MR) is 62.4 cm³/mol. The molecule has 0 atom stereocenters. The largest absolute Gasteiger partial charge is 0.412 e. The Hall–Kier alpha value is -1.42. The standard InChI is InChI=1S/C10H14N2O2.ClH/c1-2-7-12-10(13)14-9-6-4-3-5-8(9)11;/h3-6H,2,7,11H2,1H3,(H,12,13);1H. The molecule has 0 unspecified atom stereocenters. The third kappa shape index (κ3) is 4.56. The van der Waals surface area contributed by atoms with Crippen LogP contribution >= 0.6 is 12.4 Å². The van der Waals surface area contributed by atoms with Gasteiger partial charge in [0.2, 0.25) is 0 Å². The van der Waals surface area contributed by atoms with Crippen LogP contribution in [0.25, 0.3) is 0 Å². The Morgan fingerprint density at radius 1 is 1.47 bits per heavy atom. The van der Waals surface area contributed by atoms with Crippen molar-refractivity contribution in [3.8, 4) is 5.75 Å². The fourth-order valence-corrected chi connectivity index (χ4v) is 0.936. The Kier molecular flexibility index (Phi) is 6.29. The summed E-state index contributed by atoms with van der Waals surface area (Å²) in [7, 11) is 0. The van der Waals surface area contributed by atoms with Gasteiger partial charge in [0.25, 0.3) is 0 Å². The zero-order chi connectivity index (χ0) is 10.4. The van der Waals surface area contributed by atoms with E-state index in [9.17, 15) is 4.79 Å². The van der Waals surface area contributed by atoms with Crippen molar-refractivity contribution < 1.29 is 9.53 Å². The predicted octanol–water partition coefficient (Wildman–Crippen LogP) is 2.19. The first kappa shape index (κ1) is 13.6. The van der Waals surface area contributed by atoms with Gasteiger partial charge in [-0.25, -0.2) is 4.79 Å². The van der Waals surface area contributed by atoms with E-state index in [0.29, 0.717) is 18.0 Å². The molecule has 0 heterocycles. The number of nitrogens with two attached hydrogens (primary N) is 1. The highest BCUT2D eigenvalue weighted by Crippen LogP contribution is 2.19. The van der Waals surface area contributed by atoms with Crippen LogP contribution in [0.4, 0.5) is 10.5 Å². The highest BCUT2D eigenvalue weighted by Gasteiger charge is 2.04. The molecule has 0 radical (unpaired) electrons. The van der Waals surface area contributed by atoms with Crippen LogP contribution in [0.1, 0.15) is 13.3 Å². The summed E-state index contributed by atoms with van der Waals surface area (Å²) in [4.78, 5) is 11.1. The van der Waals surface area contributed by atoms with Gasteiger partial charge >= 0.3 is 6.09 Å². The lowest BCUT2D eigenvalue weighted by atomic mass is 10.3. The molecule has 1 amide bonds. The lowest BCUT2D eigenvalue weighted by Crippen LogP contribution is -2.27. The zero-order valence-corrected chi connectivity index (χ0v) is 9.34. The molecule has 0 fully saturated rings. The number of nitrogens with one attached hydrogen (secondary N) is 1. The fraction of sp³-hybridized carbons (Fsp3) is 0.300. The maximum Gasteiger partial charge on any atom is 0.412 e. The molecule has 1 aromatic carbocycles. The topological polar surface area (TPSA) is 64.3 Å². The van der Waals surface area contributed by atoms with Gasteiger partial charge in [0.15, 0.2) is 5.75 Å². The number of anilines is 1. The second-order valence-corrected chi connectivity index (χ2v) is 2.85. The molecule has 5 heteroatoms. The number of amides is 1. The van der Waals surface area contributed by atoms with Gasteiger partial charge in [0.1, 0.15) is 0 Å². The number of nitrogen functional groups attached to an aromatic ring is 1. The minimum Gasteiger partial charge on any atom is -0.408 e. The first-order chi connectivity index (χ1) is 6.74. The molecule has 1 aromatic rings. The summed E-state index contributed by atoms with van der Waals surface area (Å²) in [6.45, 7) is 2.57. The van der Waals surface area contributed by atoms with E-state index in [1.165, 1.54) is 0 Å². The van der Waals surface area contributed by atoms with Gasteiger partial charge in [-0.15, -0.1) is 12.4 Å². The highest BCUT2D eigenvalue weighted by atomic mass is 35.5. The van der Waals surface area contributed by atoms with Crippen molar-refractivity contribution in [2.24, 2.45) is 0 Å². The summed E-state index contributed by atoms with van der Waals surface area (Å²) >= 11 is 0. The molecule has 84 valence electrons. The maximum atomic E-state index is 11.1. The van der Waals surface area contributed by atoms with E-state index in [4.69, 9.17) is 10.5 Å². The number of carbonyl (C=O) groups is 1. The van der Waals surface area contributed by atoms with Gasteiger partial charge in [-0.3, -0.25) is 0 Å². The molecular weight excluding hydrogens is 216 g/mol. The fourth-order valence-electron chi connectivity index (χ4n) is 0.936. The molecule has 0 saturated carbocycles. The van der Waals surface area contributed by atoms with E-state index in [-0.39, 0.29) is 12.4 Å². The van der Waals surface area contributed by atoms with E-state index < -0.39 is 6.09 Å². The van der Waals surface area contributed by atoms with Gasteiger partial charge in [0, 0.05) is 6.54 Å². The number of rotatable bonds is 3. The third-order valence-electron chi connectivity index (χ3n) is 1.64. The molecule has 0 aliphatic rings. The Labute approximate surface area is 95.2 Å². The normalized spacial score (nSPS) is 8.87. The van der Waals surface area contributed by atoms with Crippen LogP contribution in [0.2, 0.25) is 0 Å². The van der Waals surface area contributed by atoms with E-state index in [2.05, 4.69) is 5.32 Å². The smallest absolute Gasteiger partial charge is 0.408 e. The van der Waals surface area contributed by atoms with Crippen LogP contribution in [0.5, 0.6) is 5.75 Å². The van der Waals surface area contributed by atoms with Crippen LogP contribution in [-0.4, -0.2) is 12.6 Å². The number of ether oxygens (including phenoxy) is 1. The van der Waals surface area contributed by atoms with E-state index in [0.717, 1.165) is 6.42 Å². The minimum atomic E-state index is -0.468. The average Bonchev–Trinajstić information content (AvgIpc) is 2.18. The number of benzene rings is 1. The summed E-state index contributed by atoms with van der Waals surface area (Å²) in [5.41, 5.74) is 6.05. The van der Waals surface area contributed by atoms with Gasteiger partial charge in [-0.2, -0.15) is 0 Å². The Balaban J connectivity index is 0.00000196. The summed E-state index contributed by atoms with van der Waals surface area (Å²) in [5, 5.41) is 2.59. The SMILES string of the molecule is CCCNC(=O)Oc1ccccc1N.Cl. The van der Waals surface area contributed by atoms with Gasteiger partial charge in [-0.1, -0.05) is 19.1 Å². The molecule has 4 nitrogen and oxygen atoms in total. The molecule has 3 N–H and O–H groups in total. The van der Waals surface area contributed by atoms with Crippen molar-refractivity contribution in [1.29, 1.82) is 0 Å². The first-order valence-electron chi connectivity index (χ1n) is 4.54. The Morgan fingerprint density at radius 3 is 2.73 bits per heavy atom. The Bertz CT molecular complexity index is 318. The lowest BCUT2D eigenvalue weighted by molar-refractivity contribution is 0.201. The van der Waals surface area contributed by atoms with E-state index >= 15 is 0 Å².